The van der Waals surface area contributed by atoms with Crippen molar-refractivity contribution in [3.8, 4) is 11.4 Å². The standard InChI is InChI=1S/C49H63F2N5O8/c1-9-26(5)44(59)17-30(11-3)48(61)55-24-35(63-28(7)57)20-33(55)22-39-37-15-13-31(50)18-42(37)52-45(39)46-40(38-16-14-32(51)19-43(38)53-46)23-34-21-36(64-29(8)58)25-56(34)49(62)41(12-4)54-47(60)27(6)10-2/h13-16,18-19,26-27,30,33-36,41,52-53H,9-12,17,20-25H2,1-8H3,(H,54,60)/t26-,27-,30-,33+,34+,35+,36+,41+/m1/s1/i1D3,2D3,22D2,23D2. The Balaban J connectivity index is 1.52. The summed E-state index contributed by atoms with van der Waals surface area (Å²) in [6.07, 6.45) is -9.40. The van der Waals surface area contributed by atoms with Crippen molar-refractivity contribution >= 4 is 57.2 Å². The molecule has 346 valence electrons. The van der Waals surface area contributed by atoms with Crippen LogP contribution in [-0.2, 0) is 51.0 Å². The summed E-state index contributed by atoms with van der Waals surface area (Å²) >= 11 is 0. The highest BCUT2D eigenvalue weighted by atomic mass is 19.1. The van der Waals surface area contributed by atoms with Crippen molar-refractivity contribution in [1.29, 1.82) is 0 Å². The summed E-state index contributed by atoms with van der Waals surface area (Å²) in [7, 11) is 0. The van der Waals surface area contributed by atoms with E-state index in [2.05, 4.69) is 15.3 Å². The van der Waals surface area contributed by atoms with Crippen molar-refractivity contribution in [2.45, 2.75) is 143 Å². The van der Waals surface area contributed by atoms with Crippen LogP contribution in [0.25, 0.3) is 33.2 Å². The number of amides is 3. The average molecular weight is 898 g/mol. The van der Waals surface area contributed by atoms with E-state index in [9.17, 15) is 34.3 Å². The van der Waals surface area contributed by atoms with Gasteiger partial charge in [0.05, 0.1) is 24.5 Å². The first-order chi connectivity index (χ1) is 34.3. The number of hydrogen-bond acceptors (Lipinski definition) is 8. The third-order valence-corrected chi connectivity index (χ3v) is 12.1. The van der Waals surface area contributed by atoms with Gasteiger partial charge in [-0.1, -0.05) is 41.4 Å². The number of benzene rings is 2. The van der Waals surface area contributed by atoms with E-state index in [0.717, 1.165) is 43.0 Å². The van der Waals surface area contributed by atoms with Gasteiger partial charge in [-0.05, 0) is 86.0 Å². The third-order valence-electron chi connectivity index (χ3n) is 12.1. The predicted molar refractivity (Wildman–Crippen MR) is 239 cm³/mol. The molecule has 2 aromatic heterocycles. The maximum Gasteiger partial charge on any atom is 0.302 e. The maximum absolute atomic E-state index is 15.2. The van der Waals surface area contributed by atoms with Crippen molar-refractivity contribution in [2.24, 2.45) is 17.8 Å². The lowest BCUT2D eigenvalue weighted by molar-refractivity contribution is -0.147. The Kier molecular flexibility index (Phi) is 11.4. The van der Waals surface area contributed by atoms with Crippen molar-refractivity contribution in [1.82, 2.24) is 25.1 Å². The van der Waals surface area contributed by atoms with Crippen LogP contribution in [0.3, 0.4) is 0 Å². The first-order valence-electron chi connectivity index (χ1n) is 26.7. The molecule has 64 heavy (non-hydrogen) atoms. The monoisotopic (exact) mass is 898 g/mol. The van der Waals surface area contributed by atoms with Crippen LogP contribution in [0.1, 0.15) is 125 Å². The minimum absolute atomic E-state index is 0.0142. The Bertz CT molecular complexity index is 2610. The second-order valence-electron chi connectivity index (χ2n) is 16.8. The van der Waals surface area contributed by atoms with Gasteiger partial charge < -0.3 is 34.6 Å². The van der Waals surface area contributed by atoms with Gasteiger partial charge in [0.25, 0.3) is 0 Å². The number of nitrogens with one attached hydrogen (secondary N) is 3. The molecule has 2 saturated heterocycles. The van der Waals surface area contributed by atoms with Gasteiger partial charge in [0.2, 0.25) is 17.7 Å². The van der Waals surface area contributed by atoms with E-state index < -0.39 is 134 Å². The van der Waals surface area contributed by atoms with Crippen molar-refractivity contribution in [3.05, 3.63) is 59.2 Å². The molecule has 8 atom stereocenters. The van der Waals surface area contributed by atoms with E-state index >= 15 is 8.78 Å². The zero-order chi connectivity index (χ0) is 55.2. The SMILES string of the molecule is [2H]C([2H])([2H])C[C@@H](C)C(=O)C[C@@H](CC)C(=O)N1C[C@@H](OC(C)=O)C[C@H]1C([2H])([2H])c1c(-c2[nH]c3cc(F)ccc3c2C([2H])([2H])[C@@H]2C[C@H](OC(C)=O)CN2C(=O)[C@H](CC)NC(=O)[C@H](C)CC([2H])([2H])[2H])[nH]c2cc(F)ccc12. The van der Waals surface area contributed by atoms with Crippen LogP contribution in [0.15, 0.2) is 36.4 Å². The maximum atomic E-state index is 15.2. The Morgan fingerprint density at radius 3 is 1.69 bits per heavy atom. The van der Waals surface area contributed by atoms with E-state index in [1.165, 1.54) is 30.9 Å². The second kappa shape index (κ2) is 20.5. The number of esters is 2. The summed E-state index contributed by atoms with van der Waals surface area (Å²) in [5.41, 5.74) is -0.787. The van der Waals surface area contributed by atoms with Crippen molar-refractivity contribution in [2.75, 3.05) is 13.1 Å². The number of aromatic amines is 2. The van der Waals surface area contributed by atoms with Crippen LogP contribution >= 0.6 is 0 Å². The fourth-order valence-corrected chi connectivity index (χ4v) is 8.49. The minimum atomic E-state index is -2.74. The number of H-pyrrole nitrogens is 2. The normalized spacial score (nSPS) is 23.8. The molecule has 2 fully saturated rings. The minimum Gasteiger partial charge on any atom is -0.461 e. The summed E-state index contributed by atoms with van der Waals surface area (Å²) in [6.45, 7) is 2.81. The first-order valence-corrected chi connectivity index (χ1v) is 21.7. The molecule has 0 aliphatic carbocycles. The number of carbonyl (C=O) groups is 6. The third kappa shape index (κ3) is 10.5. The summed E-state index contributed by atoms with van der Waals surface area (Å²) < 4.78 is 128. The van der Waals surface area contributed by atoms with Crippen LogP contribution in [0.4, 0.5) is 8.78 Å². The molecule has 0 unspecified atom stereocenters. The van der Waals surface area contributed by atoms with Crippen LogP contribution in [0, 0.1) is 29.4 Å². The molecule has 13 nitrogen and oxygen atoms in total. The van der Waals surface area contributed by atoms with E-state index in [4.69, 9.17) is 17.7 Å². The Labute approximate surface area is 387 Å². The van der Waals surface area contributed by atoms with E-state index in [1.54, 1.807) is 13.8 Å². The number of hydrogen-bond donors (Lipinski definition) is 3. The topological polar surface area (TPSA) is 171 Å². The number of likely N-dealkylation sites (tertiary alicyclic amines) is 2. The molecule has 2 aliphatic heterocycles. The summed E-state index contributed by atoms with van der Waals surface area (Å²) in [5.74, 6) is -8.70. The number of ether oxygens (including phenoxy) is 2. The molecular formula is C49H63F2N5O8. The molecular weight excluding hydrogens is 825 g/mol. The van der Waals surface area contributed by atoms with Gasteiger partial charge in [-0.2, -0.15) is 0 Å². The Hall–Kier alpha value is -5.60. The second-order valence-corrected chi connectivity index (χ2v) is 16.8. The van der Waals surface area contributed by atoms with E-state index in [-0.39, 0.29) is 89.5 Å². The lowest BCUT2D eigenvalue weighted by Crippen LogP contribution is -2.51. The van der Waals surface area contributed by atoms with Gasteiger partial charge in [0.1, 0.15) is 35.7 Å². The van der Waals surface area contributed by atoms with Crippen molar-refractivity contribution in [3.63, 3.8) is 0 Å². The number of rotatable bonds is 18. The molecule has 2 aromatic carbocycles. The first kappa shape index (κ1) is 35.7. The van der Waals surface area contributed by atoms with E-state index in [0.29, 0.717) is 0 Å². The molecule has 6 rings (SSSR count). The van der Waals surface area contributed by atoms with Gasteiger partial charge in [0.15, 0.2) is 0 Å². The molecule has 0 spiro atoms. The number of aromatic nitrogens is 2. The molecule has 0 radical (unpaired) electrons. The van der Waals surface area contributed by atoms with Gasteiger partial charge >= 0.3 is 11.9 Å². The van der Waals surface area contributed by atoms with Crippen LogP contribution < -0.4 is 5.32 Å². The molecule has 3 N–H and O–H groups in total. The van der Waals surface area contributed by atoms with Crippen LogP contribution in [-0.4, -0.2) is 98.6 Å². The highest BCUT2D eigenvalue weighted by Gasteiger charge is 2.43. The zero-order valence-electron chi connectivity index (χ0n) is 46.9. The molecule has 0 saturated carbocycles. The number of ketones is 1. The highest BCUT2D eigenvalue weighted by molar-refractivity contribution is 5.97. The summed E-state index contributed by atoms with van der Waals surface area (Å²) in [5, 5.41) is 2.75. The van der Waals surface area contributed by atoms with Gasteiger partial charge in [-0.25, -0.2) is 8.78 Å². The Morgan fingerprint density at radius 2 is 1.23 bits per heavy atom. The van der Waals surface area contributed by atoms with Gasteiger partial charge in [-0.3, -0.25) is 28.8 Å². The number of fused-ring (bicyclic) bond motifs is 2. The number of nitrogens with zero attached hydrogens (tertiary/aromatic N) is 2. The van der Waals surface area contributed by atoms with E-state index in [1.807, 2.05) is 0 Å². The quantitative estimate of drug-likeness (QED) is 0.0853. The Morgan fingerprint density at radius 1 is 0.750 bits per heavy atom. The molecule has 2 aliphatic rings. The fraction of sp³-hybridized carbons (Fsp3) is 0.551. The summed E-state index contributed by atoms with van der Waals surface area (Å²) in [6, 6.07) is 2.57. The molecule has 4 aromatic rings. The number of carbonyl (C=O) groups excluding carboxylic acids is 6. The summed E-state index contributed by atoms with van der Waals surface area (Å²) in [4.78, 5) is 89.3. The van der Waals surface area contributed by atoms with Gasteiger partial charge in [0, 0.05) is 98.5 Å². The smallest absolute Gasteiger partial charge is 0.302 e. The van der Waals surface area contributed by atoms with Crippen molar-refractivity contribution < 1.29 is 60.7 Å². The largest absolute Gasteiger partial charge is 0.461 e. The lowest BCUT2D eigenvalue weighted by Gasteiger charge is -2.29. The van der Waals surface area contributed by atoms with Crippen LogP contribution in [0.2, 0.25) is 0 Å². The fourth-order valence-electron chi connectivity index (χ4n) is 8.49. The lowest BCUT2D eigenvalue weighted by atomic mass is 9.90. The van der Waals surface area contributed by atoms with Crippen LogP contribution in [0.5, 0.6) is 0 Å². The molecule has 0 bridgehead atoms. The zero-order valence-corrected chi connectivity index (χ0v) is 36.9. The highest BCUT2D eigenvalue weighted by Crippen LogP contribution is 2.40. The predicted octanol–water partition coefficient (Wildman–Crippen LogP) is 7.72. The molecule has 3 amide bonds. The number of halogens is 2. The average Bonchev–Trinajstić information content (AvgIpc) is 4.08. The molecule has 15 heteroatoms. The van der Waals surface area contributed by atoms with Gasteiger partial charge in [-0.15, -0.1) is 0 Å². The molecule has 4 heterocycles. The number of Topliss-reactive ketones (excluding diaryl/α,β-unsaturated/α-hetero) is 1.